The number of halogens is 2. The van der Waals surface area contributed by atoms with Crippen LogP contribution in [0.25, 0.3) is 5.69 Å². The van der Waals surface area contributed by atoms with E-state index in [1.54, 1.807) is 17.8 Å². The normalized spacial score (nSPS) is 15.4. The molecule has 0 N–H and O–H groups in total. The molecular weight excluding hydrogens is 565 g/mol. The average Bonchev–Trinajstić information content (AvgIpc) is 3.35. The minimum Gasteiger partial charge on any atom is -0.339 e. The van der Waals surface area contributed by atoms with Gasteiger partial charge in [-0.15, -0.1) is 10.2 Å². The first-order valence-electron chi connectivity index (χ1n) is 14.0. The Labute approximate surface area is 251 Å². The summed E-state index contributed by atoms with van der Waals surface area (Å²) in [5, 5.41) is 10.8. The second-order valence-electron chi connectivity index (χ2n) is 10.2. The molecule has 2 heterocycles. The van der Waals surface area contributed by atoms with Crippen molar-refractivity contribution in [1.82, 2.24) is 24.6 Å². The van der Waals surface area contributed by atoms with E-state index in [0.717, 1.165) is 53.7 Å². The fourth-order valence-electron chi connectivity index (χ4n) is 4.90. The Bertz CT molecular complexity index is 1290. The second kappa shape index (κ2) is 14.9. The summed E-state index contributed by atoms with van der Waals surface area (Å²) in [5.74, 6) is 2.01. The van der Waals surface area contributed by atoms with Gasteiger partial charge in [-0.2, -0.15) is 0 Å². The lowest BCUT2D eigenvalue weighted by molar-refractivity contribution is -0.142. The number of piperazine rings is 1. The van der Waals surface area contributed by atoms with Gasteiger partial charge in [0.05, 0.1) is 15.7 Å². The van der Waals surface area contributed by atoms with Crippen LogP contribution in [-0.2, 0) is 16.0 Å². The van der Waals surface area contributed by atoms with Crippen LogP contribution in [0.5, 0.6) is 0 Å². The second-order valence-corrected chi connectivity index (χ2v) is 12.1. The highest BCUT2D eigenvalue weighted by Crippen LogP contribution is 2.29. The Hall–Kier alpha value is -2.55. The van der Waals surface area contributed by atoms with E-state index in [9.17, 15) is 9.59 Å². The van der Waals surface area contributed by atoms with Crippen LogP contribution in [0.1, 0.15) is 63.8 Å². The minimum atomic E-state index is 0.0652. The first-order chi connectivity index (χ1) is 19.4. The first-order valence-corrected chi connectivity index (χ1v) is 15.7. The van der Waals surface area contributed by atoms with E-state index in [1.807, 2.05) is 51.6 Å². The molecule has 1 fully saturated rings. The molecule has 40 heavy (non-hydrogen) atoms. The molecule has 1 aliphatic rings. The summed E-state index contributed by atoms with van der Waals surface area (Å²) in [7, 11) is 0. The van der Waals surface area contributed by atoms with Crippen molar-refractivity contribution in [2.45, 2.75) is 70.0 Å². The standard InChI is InChI=1S/C30H37Cl2N5O2S/c1-3-4-12-29(39)36-17-16-35(21-22(36)2)28(38)13-8-9-18-40-30-34-33-27(19-23-10-6-5-7-11-23)37(30)24-14-15-25(31)26(32)20-24/h5-7,10-11,14-15,20,22H,3-4,8-9,12-13,16-19,21H2,1-2H3. The maximum Gasteiger partial charge on any atom is 0.222 e. The third-order valence-corrected chi connectivity index (χ3v) is 8.88. The highest BCUT2D eigenvalue weighted by atomic mass is 35.5. The Morgan fingerprint density at radius 1 is 0.950 bits per heavy atom. The topological polar surface area (TPSA) is 71.3 Å². The number of carbonyl (C=O) groups excluding carboxylic acids is 2. The number of thioether (sulfide) groups is 1. The Kier molecular flexibility index (Phi) is 11.3. The van der Waals surface area contributed by atoms with E-state index >= 15 is 0 Å². The van der Waals surface area contributed by atoms with Crippen molar-refractivity contribution in [1.29, 1.82) is 0 Å². The molecule has 10 heteroatoms. The van der Waals surface area contributed by atoms with Crippen molar-refractivity contribution in [2.75, 3.05) is 25.4 Å². The van der Waals surface area contributed by atoms with Crippen molar-refractivity contribution in [3.05, 3.63) is 70.0 Å². The zero-order chi connectivity index (χ0) is 28.5. The number of aromatic nitrogens is 3. The number of carbonyl (C=O) groups is 2. The molecule has 7 nitrogen and oxygen atoms in total. The Balaban J connectivity index is 1.30. The van der Waals surface area contributed by atoms with Crippen LogP contribution >= 0.6 is 35.0 Å². The first kappa shape index (κ1) is 30.4. The molecule has 0 bridgehead atoms. The fourth-order valence-corrected chi connectivity index (χ4v) is 6.16. The Morgan fingerprint density at radius 3 is 2.45 bits per heavy atom. The Morgan fingerprint density at radius 2 is 1.73 bits per heavy atom. The third-order valence-electron chi connectivity index (χ3n) is 7.13. The van der Waals surface area contributed by atoms with Gasteiger partial charge in [-0.3, -0.25) is 14.2 Å². The van der Waals surface area contributed by atoms with Crippen LogP contribution in [0, 0.1) is 0 Å². The van der Waals surface area contributed by atoms with Crippen molar-refractivity contribution < 1.29 is 9.59 Å². The number of hydrogen-bond acceptors (Lipinski definition) is 5. The van der Waals surface area contributed by atoms with Crippen molar-refractivity contribution >= 4 is 46.8 Å². The lowest BCUT2D eigenvalue weighted by atomic mass is 10.1. The van der Waals surface area contributed by atoms with E-state index in [0.29, 0.717) is 48.9 Å². The fraction of sp³-hybridized carbons (Fsp3) is 0.467. The van der Waals surface area contributed by atoms with Crippen LogP contribution in [0.2, 0.25) is 10.0 Å². The number of unbranched alkanes of at least 4 members (excludes halogenated alkanes) is 2. The van der Waals surface area contributed by atoms with E-state index in [-0.39, 0.29) is 17.9 Å². The van der Waals surface area contributed by atoms with Gasteiger partial charge in [-0.1, -0.05) is 78.6 Å². The van der Waals surface area contributed by atoms with E-state index in [4.69, 9.17) is 23.2 Å². The van der Waals surface area contributed by atoms with Crippen molar-refractivity contribution in [2.24, 2.45) is 0 Å². The molecule has 0 aliphatic carbocycles. The lowest BCUT2D eigenvalue weighted by Crippen LogP contribution is -2.55. The van der Waals surface area contributed by atoms with Crippen LogP contribution in [0.3, 0.4) is 0 Å². The number of amides is 2. The molecule has 0 radical (unpaired) electrons. The summed E-state index contributed by atoms with van der Waals surface area (Å²) >= 11 is 14.1. The zero-order valence-electron chi connectivity index (χ0n) is 23.2. The maximum atomic E-state index is 12.9. The van der Waals surface area contributed by atoms with Gasteiger partial charge in [-0.25, -0.2) is 0 Å². The molecule has 2 amide bonds. The number of nitrogens with zero attached hydrogens (tertiary/aromatic N) is 5. The molecular formula is C30H37Cl2N5O2S. The molecule has 1 aromatic heterocycles. The van der Waals surface area contributed by atoms with Crippen molar-refractivity contribution in [3.63, 3.8) is 0 Å². The molecule has 2 aromatic carbocycles. The predicted octanol–water partition coefficient (Wildman–Crippen LogP) is 6.68. The summed E-state index contributed by atoms with van der Waals surface area (Å²) in [6.07, 6.45) is 5.35. The summed E-state index contributed by atoms with van der Waals surface area (Å²) < 4.78 is 2.04. The lowest BCUT2D eigenvalue weighted by Gasteiger charge is -2.40. The highest BCUT2D eigenvalue weighted by molar-refractivity contribution is 7.99. The maximum absolute atomic E-state index is 12.9. The van der Waals surface area contributed by atoms with Gasteiger partial charge in [0, 0.05) is 50.7 Å². The molecule has 4 rings (SSSR count). The monoisotopic (exact) mass is 601 g/mol. The number of hydrogen-bond donors (Lipinski definition) is 0. The predicted molar refractivity (Wildman–Crippen MR) is 162 cm³/mol. The van der Waals surface area contributed by atoms with Crippen LogP contribution in [-0.4, -0.2) is 67.8 Å². The van der Waals surface area contributed by atoms with Crippen LogP contribution < -0.4 is 0 Å². The van der Waals surface area contributed by atoms with Crippen LogP contribution in [0.15, 0.2) is 53.7 Å². The largest absolute Gasteiger partial charge is 0.339 e. The van der Waals surface area contributed by atoms with Gasteiger partial charge < -0.3 is 9.80 Å². The molecule has 0 saturated carbocycles. The van der Waals surface area contributed by atoms with Crippen LogP contribution in [0.4, 0.5) is 0 Å². The number of benzene rings is 2. The summed E-state index contributed by atoms with van der Waals surface area (Å²) in [6, 6.07) is 15.8. The van der Waals surface area contributed by atoms with E-state index < -0.39 is 0 Å². The van der Waals surface area contributed by atoms with Gasteiger partial charge in [0.2, 0.25) is 11.8 Å². The third kappa shape index (κ3) is 8.02. The van der Waals surface area contributed by atoms with Gasteiger partial charge in [-0.05, 0) is 49.9 Å². The van der Waals surface area contributed by atoms with Gasteiger partial charge >= 0.3 is 0 Å². The molecule has 1 unspecified atom stereocenters. The summed E-state index contributed by atoms with van der Waals surface area (Å²) in [5.41, 5.74) is 2.01. The SMILES string of the molecule is CCCCC(=O)N1CCN(C(=O)CCCCSc2nnc(Cc3ccccc3)n2-c2ccc(Cl)c(Cl)c2)CC1C. The van der Waals surface area contributed by atoms with Gasteiger partial charge in [0.1, 0.15) is 5.82 Å². The summed E-state index contributed by atoms with van der Waals surface area (Å²) in [6.45, 7) is 5.99. The van der Waals surface area contributed by atoms with Gasteiger partial charge in [0.25, 0.3) is 0 Å². The quantitative estimate of drug-likeness (QED) is 0.171. The molecule has 1 atom stereocenters. The highest BCUT2D eigenvalue weighted by Gasteiger charge is 2.29. The average molecular weight is 603 g/mol. The molecule has 3 aromatic rings. The number of rotatable bonds is 12. The molecule has 1 aliphatic heterocycles. The van der Waals surface area contributed by atoms with E-state index in [2.05, 4.69) is 29.3 Å². The zero-order valence-corrected chi connectivity index (χ0v) is 25.5. The molecule has 1 saturated heterocycles. The summed E-state index contributed by atoms with van der Waals surface area (Å²) in [4.78, 5) is 29.2. The molecule has 214 valence electrons. The van der Waals surface area contributed by atoms with Gasteiger partial charge in [0.15, 0.2) is 5.16 Å². The minimum absolute atomic E-state index is 0.0652. The smallest absolute Gasteiger partial charge is 0.222 e. The van der Waals surface area contributed by atoms with Crippen molar-refractivity contribution in [3.8, 4) is 5.69 Å². The van der Waals surface area contributed by atoms with E-state index in [1.165, 1.54) is 0 Å². The molecule has 0 spiro atoms.